The van der Waals surface area contributed by atoms with Gasteiger partial charge in [0.2, 0.25) is 10.0 Å². The lowest BCUT2D eigenvalue weighted by Crippen LogP contribution is -2.35. The van der Waals surface area contributed by atoms with E-state index in [9.17, 15) is 8.42 Å². The summed E-state index contributed by atoms with van der Waals surface area (Å²) in [6.07, 6.45) is 3.75. The molecule has 0 radical (unpaired) electrons. The van der Waals surface area contributed by atoms with E-state index in [2.05, 4.69) is 0 Å². The lowest BCUT2D eigenvalue weighted by atomic mass is 10.2. The second-order valence-electron chi connectivity index (χ2n) is 4.13. The Kier molecular flexibility index (Phi) is 4.86. The first-order chi connectivity index (χ1) is 7.88. The number of sulfonamides is 1. The summed E-state index contributed by atoms with van der Waals surface area (Å²) in [7, 11) is 0.184. The number of hydrogen-bond acceptors (Lipinski definition) is 3. The highest BCUT2D eigenvalue weighted by Gasteiger charge is 2.14. The van der Waals surface area contributed by atoms with Crippen molar-refractivity contribution >= 4 is 16.1 Å². The first-order valence-corrected chi connectivity index (χ1v) is 7.00. The molecule has 0 fully saturated rings. The topological polar surface area (TPSA) is 63.4 Å². The molecule has 0 aromatic heterocycles. The summed E-state index contributed by atoms with van der Waals surface area (Å²) in [6, 6.07) is 9.50. The number of hydrogen-bond donors (Lipinski definition) is 1. The van der Waals surface area contributed by atoms with Crippen LogP contribution >= 0.6 is 0 Å². The van der Waals surface area contributed by atoms with Crippen LogP contribution in [0.25, 0.3) is 6.08 Å². The summed E-state index contributed by atoms with van der Waals surface area (Å²) in [6.45, 7) is 0. The Morgan fingerprint density at radius 2 is 1.88 bits per heavy atom. The fourth-order valence-corrected chi connectivity index (χ4v) is 2.29. The predicted octanol–water partition coefficient (Wildman–Crippen LogP) is 0.918. The highest BCUT2D eigenvalue weighted by molar-refractivity contribution is 7.89. The average molecular weight is 254 g/mol. The van der Waals surface area contributed by atoms with Crippen LogP contribution in [0.2, 0.25) is 0 Å². The fraction of sp³-hybridized carbons (Fsp3) is 0.333. The molecule has 5 heteroatoms. The van der Waals surface area contributed by atoms with Gasteiger partial charge in [-0.2, -0.15) is 0 Å². The summed E-state index contributed by atoms with van der Waals surface area (Å²) in [5, 5.41) is 5.05. The molecule has 0 heterocycles. The number of benzene rings is 1. The molecule has 1 aromatic carbocycles. The van der Waals surface area contributed by atoms with Crippen LogP contribution in [-0.2, 0) is 10.0 Å². The fourth-order valence-electron chi connectivity index (χ4n) is 1.40. The first kappa shape index (κ1) is 13.9. The Labute approximate surface area is 103 Å². The van der Waals surface area contributed by atoms with Crippen molar-refractivity contribution in [3.05, 3.63) is 42.0 Å². The van der Waals surface area contributed by atoms with Crippen LogP contribution in [-0.4, -0.2) is 39.2 Å². The second kappa shape index (κ2) is 5.95. The van der Waals surface area contributed by atoms with Crippen molar-refractivity contribution < 1.29 is 8.42 Å². The second-order valence-corrected chi connectivity index (χ2v) is 5.79. The zero-order valence-electron chi connectivity index (χ0n) is 10.1. The SMILES string of the molecule is CN(C)[C@H](/C=C/c1ccccc1)CS(N)(=O)=O. The summed E-state index contributed by atoms with van der Waals surface area (Å²) < 4.78 is 22.1. The van der Waals surface area contributed by atoms with Gasteiger partial charge < -0.3 is 4.90 Å². The number of primary sulfonamides is 1. The number of nitrogens with zero attached hydrogens (tertiary/aromatic N) is 1. The van der Waals surface area contributed by atoms with Crippen LogP contribution in [0.15, 0.2) is 36.4 Å². The van der Waals surface area contributed by atoms with Crippen molar-refractivity contribution in [2.24, 2.45) is 5.14 Å². The van der Waals surface area contributed by atoms with Crippen LogP contribution in [0.5, 0.6) is 0 Å². The molecule has 0 saturated heterocycles. The van der Waals surface area contributed by atoms with E-state index < -0.39 is 10.0 Å². The molecule has 4 nitrogen and oxygen atoms in total. The highest BCUT2D eigenvalue weighted by Crippen LogP contribution is 2.05. The van der Waals surface area contributed by atoms with Gasteiger partial charge in [0.25, 0.3) is 0 Å². The van der Waals surface area contributed by atoms with E-state index >= 15 is 0 Å². The summed E-state index contributed by atoms with van der Waals surface area (Å²) >= 11 is 0. The van der Waals surface area contributed by atoms with Crippen LogP contribution in [0.3, 0.4) is 0 Å². The first-order valence-electron chi connectivity index (χ1n) is 5.28. The van der Waals surface area contributed by atoms with E-state index in [1.165, 1.54) is 0 Å². The standard InChI is InChI=1S/C12H18N2O2S/c1-14(2)12(10-17(13,15)16)9-8-11-6-4-3-5-7-11/h3-9,12H,10H2,1-2H3,(H2,13,15,16)/b9-8+/t12-/m1/s1. The van der Waals surface area contributed by atoms with E-state index in [1.807, 2.05) is 61.5 Å². The van der Waals surface area contributed by atoms with Gasteiger partial charge in [0.1, 0.15) is 0 Å². The van der Waals surface area contributed by atoms with E-state index in [0.29, 0.717) is 0 Å². The van der Waals surface area contributed by atoms with Crippen LogP contribution in [0.4, 0.5) is 0 Å². The maximum atomic E-state index is 11.1. The monoisotopic (exact) mass is 254 g/mol. The zero-order chi connectivity index (χ0) is 12.9. The van der Waals surface area contributed by atoms with Gasteiger partial charge in [-0.15, -0.1) is 0 Å². The Hall–Kier alpha value is -1.17. The van der Waals surface area contributed by atoms with Gasteiger partial charge in [-0.25, -0.2) is 13.6 Å². The highest BCUT2D eigenvalue weighted by atomic mass is 32.2. The minimum absolute atomic E-state index is 0.0800. The Balaban J connectivity index is 2.78. The normalized spacial score (nSPS) is 14.4. The lowest BCUT2D eigenvalue weighted by molar-refractivity contribution is 0.365. The number of rotatable bonds is 5. The van der Waals surface area contributed by atoms with E-state index in [0.717, 1.165) is 5.56 Å². The molecule has 0 aliphatic carbocycles. The molecule has 1 atom stereocenters. The van der Waals surface area contributed by atoms with Gasteiger partial charge >= 0.3 is 0 Å². The third kappa shape index (κ3) is 5.63. The van der Waals surface area contributed by atoms with E-state index in [1.54, 1.807) is 0 Å². The van der Waals surface area contributed by atoms with Crippen LogP contribution < -0.4 is 5.14 Å². The van der Waals surface area contributed by atoms with Crippen LogP contribution in [0, 0.1) is 0 Å². The van der Waals surface area contributed by atoms with Crippen molar-refractivity contribution in [2.45, 2.75) is 6.04 Å². The molecule has 0 amide bonds. The number of likely N-dealkylation sites (N-methyl/N-ethyl adjacent to an activating group) is 1. The molecule has 1 rings (SSSR count). The van der Waals surface area contributed by atoms with Gasteiger partial charge in [-0.05, 0) is 19.7 Å². The zero-order valence-corrected chi connectivity index (χ0v) is 10.9. The van der Waals surface area contributed by atoms with Crippen molar-refractivity contribution in [3.8, 4) is 0 Å². The maximum absolute atomic E-state index is 11.1. The Morgan fingerprint density at radius 3 is 2.35 bits per heavy atom. The minimum Gasteiger partial charge on any atom is -0.302 e. The summed E-state index contributed by atoms with van der Waals surface area (Å²) in [4.78, 5) is 1.82. The maximum Gasteiger partial charge on any atom is 0.210 e. The predicted molar refractivity (Wildman–Crippen MR) is 70.9 cm³/mol. The Morgan fingerprint density at radius 1 is 1.29 bits per heavy atom. The van der Waals surface area contributed by atoms with Crippen molar-refractivity contribution in [3.63, 3.8) is 0 Å². The van der Waals surface area contributed by atoms with Gasteiger partial charge in [-0.3, -0.25) is 0 Å². The van der Waals surface area contributed by atoms with Gasteiger partial charge in [0, 0.05) is 6.04 Å². The molecule has 0 unspecified atom stereocenters. The van der Waals surface area contributed by atoms with Crippen molar-refractivity contribution in [1.82, 2.24) is 4.90 Å². The smallest absolute Gasteiger partial charge is 0.210 e. The third-order valence-electron chi connectivity index (χ3n) is 2.38. The van der Waals surface area contributed by atoms with Gasteiger partial charge in [0.15, 0.2) is 0 Å². The number of nitrogens with two attached hydrogens (primary N) is 1. The average Bonchev–Trinajstić information content (AvgIpc) is 2.24. The molecular weight excluding hydrogens is 236 g/mol. The van der Waals surface area contributed by atoms with Crippen molar-refractivity contribution in [2.75, 3.05) is 19.8 Å². The third-order valence-corrected chi connectivity index (χ3v) is 3.18. The molecule has 17 heavy (non-hydrogen) atoms. The molecule has 2 N–H and O–H groups in total. The molecule has 1 aromatic rings. The Bertz CT molecular complexity index is 467. The molecule has 0 aliphatic rings. The quantitative estimate of drug-likeness (QED) is 0.850. The van der Waals surface area contributed by atoms with Crippen LogP contribution in [0.1, 0.15) is 5.56 Å². The largest absolute Gasteiger partial charge is 0.302 e. The molecule has 0 bridgehead atoms. The van der Waals surface area contributed by atoms with Gasteiger partial charge in [0.05, 0.1) is 5.75 Å². The molecule has 94 valence electrons. The molecule has 0 spiro atoms. The summed E-state index contributed by atoms with van der Waals surface area (Å²) in [5.74, 6) is -0.0800. The summed E-state index contributed by atoms with van der Waals surface area (Å²) in [5.41, 5.74) is 1.04. The van der Waals surface area contributed by atoms with Crippen molar-refractivity contribution in [1.29, 1.82) is 0 Å². The van der Waals surface area contributed by atoms with Gasteiger partial charge in [-0.1, -0.05) is 42.5 Å². The molecular formula is C12H18N2O2S. The molecule has 0 aliphatic heterocycles. The minimum atomic E-state index is -3.47. The lowest BCUT2D eigenvalue weighted by Gasteiger charge is -2.19. The van der Waals surface area contributed by atoms with E-state index in [4.69, 9.17) is 5.14 Å². The molecule has 0 saturated carbocycles. The van der Waals surface area contributed by atoms with E-state index in [-0.39, 0.29) is 11.8 Å².